The summed E-state index contributed by atoms with van der Waals surface area (Å²) in [5, 5.41) is 12.9. The van der Waals surface area contributed by atoms with Gasteiger partial charge in [0.1, 0.15) is 13.2 Å². The van der Waals surface area contributed by atoms with E-state index in [2.05, 4.69) is 21.2 Å². The molecule has 1 aromatic carbocycles. The predicted octanol–water partition coefficient (Wildman–Crippen LogP) is 1.97. The van der Waals surface area contributed by atoms with Crippen LogP contribution in [-0.2, 0) is 0 Å². The molecule has 2 rings (SSSR count). The van der Waals surface area contributed by atoms with E-state index in [-0.39, 0.29) is 18.2 Å². The van der Waals surface area contributed by atoms with Crippen molar-refractivity contribution in [3.8, 4) is 11.5 Å². The molecule has 3 unspecified atom stereocenters. The molecule has 0 radical (unpaired) electrons. The Morgan fingerprint density at radius 2 is 2.05 bits per heavy atom. The number of ether oxygens (including phenoxy) is 2. The summed E-state index contributed by atoms with van der Waals surface area (Å²) in [6.07, 6.45) is 0.348. The molecule has 3 atom stereocenters. The lowest BCUT2D eigenvalue weighted by Gasteiger charge is -2.26. The third-order valence-corrected chi connectivity index (χ3v) is 4.03. The van der Waals surface area contributed by atoms with Gasteiger partial charge >= 0.3 is 0 Å². The lowest BCUT2D eigenvalue weighted by atomic mass is 10.0. The molecule has 0 fully saturated rings. The highest BCUT2D eigenvalue weighted by Gasteiger charge is 2.21. The molecule has 0 saturated heterocycles. The van der Waals surface area contributed by atoms with Gasteiger partial charge in [-0.3, -0.25) is 0 Å². The van der Waals surface area contributed by atoms with Crippen LogP contribution < -0.4 is 20.5 Å². The fourth-order valence-electron chi connectivity index (χ4n) is 2.56. The average Bonchev–Trinajstić information content (AvgIpc) is 2.44. The van der Waals surface area contributed by atoms with Crippen LogP contribution in [0.5, 0.6) is 11.5 Å². The first-order chi connectivity index (χ1) is 10.0. The molecule has 1 aromatic rings. The number of halogens is 1. The van der Waals surface area contributed by atoms with Gasteiger partial charge in [-0.05, 0) is 53.9 Å². The van der Waals surface area contributed by atoms with E-state index in [9.17, 15) is 5.11 Å². The van der Waals surface area contributed by atoms with Crippen LogP contribution in [0.4, 0.5) is 0 Å². The van der Waals surface area contributed by atoms with Crippen molar-refractivity contribution >= 4 is 15.9 Å². The van der Waals surface area contributed by atoms with Gasteiger partial charge in [0, 0.05) is 18.6 Å². The minimum Gasteiger partial charge on any atom is -0.486 e. The zero-order valence-electron chi connectivity index (χ0n) is 12.4. The maximum atomic E-state index is 9.47. The molecule has 4 N–H and O–H groups in total. The van der Waals surface area contributed by atoms with Gasteiger partial charge in [0.2, 0.25) is 0 Å². The molecule has 5 nitrogen and oxygen atoms in total. The zero-order chi connectivity index (χ0) is 15.4. The first-order valence-corrected chi connectivity index (χ1v) is 8.03. The molecule has 118 valence electrons. The van der Waals surface area contributed by atoms with Crippen LogP contribution >= 0.6 is 15.9 Å². The number of hydrogen-bond acceptors (Lipinski definition) is 5. The molecule has 1 heterocycles. The Kier molecular flexibility index (Phi) is 5.87. The van der Waals surface area contributed by atoms with E-state index < -0.39 is 0 Å². The number of nitrogens with two attached hydrogens (primary N) is 1. The van der Waals surface area contributed by atoms with E-state index in [0.717, 1.165) is 21.5 Å². The molecule has 0 bridgehead atoms. The van der Waals surface area contributed by atoms with Crippen molar-refractivity contribution in [3.05, 3.63) is 22.2 Å². The summed E-state index contributed by atoms with van der Waals surface area (Å²) < 4.78 is 12.1. The molecule has 0 saturated carbocycles. The lowest BCUT2D eigenvalue weighted by Crippen LogP contribution is -2.36. The van der Waals surface area contributed by atoms with Crippen LogP contribution in [0, 0.1) is 0 Å². The fraction of sp³-hybridized carbons (Fsp3) is 0.600. The van der Waals surface area contributed by atoms with Crippen LogP contribution in [0.25, 0.3) is 0 Å². The largest absolute Gasteiger partial charge is 0.486 e. The Hall–Kier alpha value is -0.820. The Balaban J connectivity index is 2.16. The van der Waals surface area contributed by atoms with Gasteiger partial charge in [-0.1, -0.05) is 0 Å². The third kappa shape index (κ3) is 4.32. The van der Waals surface area contributed by atoms with Crippen molar-refractivity contribution in [2.75, 3.05) is 19.8 Å². The Morgan fingerprint density at radius 3 is 2.71 bits per heavy atom. The van der Waals surface area contributed by atoms with E-state index in [1.165, 1.54) is 0 Å². The number of rotatable bonds is 6. The first-order valence-electron chi connectivity index (χ1n) is 7.24. The summed E-state index contributed by atoms with van der Waals surface area (Å²) in [5.41, 5.74) is 6.94. The van der Waals surface area contributed by atoms with Gasteiger partial charge in [0.05, 0.1) is 10.6 Å². The van der Waals surface area contributed by atoms with Crippen molar-refractivity contribution in [3.63, 3.8) is 0 Å². The van der Waals surface area contributed by atoms with Crippen LogP contribution in [0.1, 0.15) is 31.9 Å². The normalized spacial score (nSPS) is 18.1. The number of hydrogen-bond donors (Lipinski definition) is 3. The van der Waals surface area contributed by atoms with Crippen LogP contribution in [0.3, 0.4) is 0 Å². The second kappa shape index (κ2) is 7.45. The van der Waals surface area contributed by atoms with E-state index in [1.54, 1.807) is 6.92 Å². The topological polar surface area (TPSA) is 76.7 Å². The molecular weight excluding hydrogens is 336 g/mol. The molecule has 1 aliphatic heterocycles. The average molecular weight is 359 g/mol. The summed E-state index contributed by atoms with van der Waals surface area (Å²) in [5.74, 6) is 1.49. The maximum absolute atomic E-state index is 9.47. The molecule has 1 aliphatic rings. The maximum Gasteiger partial charge on any atom is 0.175 e. The van der Waals surface area contributed by atoms with Crippen molar-refractivity contribution in [1.82, 2.24) is 5.32 Å². The summed E-state index contributed by atoms with van der Waals surface area (Å²) in [7, 11) is 0. The molecule has 0 aromatic heterocycles. The number of fused-ring (bicyclic) bond motifs is 1. The monoisotopic (exact) mass is 358 g/mol. The Labute approximate surface area is 133 Å². The van der Waals surface area contributed by atoms with E-state index in [4.69, 9.17) is 15.2 Å². The minimum atomic E-state index is -0.335. The second-order valence-electron chi connectivity index (χ2n) is 5.47. The third-order valence-electron chi connectivity index (χ3n) is 3.44. The molecular formula is C15H23BrN2O3. The number of nitrogens with one attached hydrogen (secondary N) is 1. The number of aliphatic hydroxyl groups excluding tert-OH is 1. The zero-order valence-corrected chi connectivity index (χ0v) is 14.0. The fourth-order valence-corrected chi connectivity index (χ4v) is 3.13. The minimum absolute atomic E-state index is 0.00544. The first kappa shape index (κ1) is 16.5. The van der Waals surface area contributed by atoms with E-state index in [0.29, 0.717) is 26.2 Å². The van der Waals surface area contributed by atoms with Crippen molar-refractivity contribution < 1.29 is 14.6 Å². The lowest BCUT2D eigenvalue weighted by molar-refractivity contribution is 0.167. The molecule has 0 amide bonds. The highest BCUT2D eigenvalue weighted by atomic mass is 79.9. The SMILES string of the molecule is CC(O)CC(C)NC(CN)c1cc(Br)c2c(c1)OCCO2. The Bertz CT molecular complexity index is 482. The summed E-state index contributed by atoms with van der Waals surface area (Å²) in [6, 6.07) is 4.16. The van der Waals surface area contributed by atoms with Crippen LogP contribution in [0.15, 0.2) is 16.6 Å². The standard InChI is InChI=1S/C15H23BrN2O3/c1-9(5-10(2)19)18-13(8-17)11-6-12(16)15-14(7-11)20-3-4-21-15/h6-7,9-10,13,18-19H,3-5,8,17H2,1-2H3. The van der Waals surface area contributed by atoms with E-state index in [1.807, 2.05) is 19.1 Å². The molecule has 0 aliphatic carbocycles. The van der Waals surface area contributed by atoms with Crippen LogP contribution in [-0.4, -0.2) is 37.0 Å². The predicted molar refractivity (Wildman–Crippen MR) is 85.8 cm³/mol. The van der Waals surface area contributed by atoms with Gasteiger partial charge in [-0.25, -0.2) is 0 Å². The van der Waals surface area contributed by atoms with Gasteiger partial charge in [0.15, 0.2) is 11.5 Å². The van der Waals surface area contributed by atoms with Gasteiger partial charge in [0.25, 0.3) is 0 Å². The quantitative estimate of drug-likeness (QED) is 0.724. The molecule has 21 heavy (non-hydrogen) atoms. The summed E-state index contributed by atoms with van der Waals surface area (Å²) in [4.78, 5) is 0. The number of benzene rings is 1. The second-order valence-corrected chi connectivity index (χ2v) is 6.32. The van der Waals surface area contributed by atoms with Gasteiger partial charge < -0.3 is 25.6 Å². The molecule has 0 spiro atoms. The highest BCUT2D eigenvalue weighted by Crippen LogP contribution is 2.39. The number of aliphatic hydroxyl groups is 1. The summed E-state index contributed by atoms with van der Waals surface area (Å²) in [6.45, 7) is 5.42. The highest BCUT2D eigenvalue weighted by molar-refractivity contribution is 9.10. The van der Waals surface area contributed by atoms with Crippen LogP contribution in [0.2, 0.25) is 0 Å². The van der Waals surface area contributed by atoms with E-state index >= 15 is 0 Å². The van der Waals surface area contributed by atoms with Crippen molar-refractivity contribution in [2.24, 2.45) is 5.73 Å². The van der Waals surface area contributed by atoms with Crippen molar-refractivity contribution in [1.29, 1.82) is 0 Å². The van der Waals surface area contributed by atoms with Gasteiger partial charge in [-0.2, -0.15) is 0 Å². The Morgan fingerprint density at radius 1 is 1.33 bits per heavy atom. The van der Waals surface area contributed by atoms with Gasteiger partial charge in [-0.15, -0.1) is 0 Å². The molecule has 6 heteroatoms. The van der Waals surface area contributed by atoms with Crippen molar-refractivity contribution in [2.45, 2.75) is 38.5 Å². The smallest absolute Gasteiger partial charge is 0.175 e. The summed E-state index contributed by atoms with van der Waals surface area (Å²) >= 11 is 3.52.